The average molecular weight is 505 g/mol. The zero-order chi connectivity index (χ0) is 26.0. The highest BCUT2D eigenvalue weighted by Gasteiger charge is 2.51. The molecular formula is C31H36O6. The molecule has 196 valence electrons. The summed E-state index contributed by atoms with van der Waals surface area (Å²) in [5, 5.41) is 0. The lowest BCUT2D eigenvalue weighted by molar-refractivity contribution is -0.311. The Bertz CT molecular complexity index is 1070. The van der Waals surface area contributed by atoms with Crippen LogP contribution in [0.5, 0.6) is 0 Å². The van der Waals surface area contributed by atoms with Gasteiger partial charge in [0.15, 0.2) is 12.1 Å². The van der Waals surface area contributed by atoms with E-state index >= 15 is 0 Å². The van der Waals surface area contributed by atoms with Crippen LogP contribution in [-0.2, 0) is 48.3 Å². The lowest BCUT2D eigenvalue weighted by Crippen LogP contribution is -2.63. The normalized spacial score (nSPS) is 23.7. The number of Topliss-reactive ketones (excluding diaryl/α,β-unsaturated/α-hetero) is 1. The zero-order valence-corrected chi connectivity index (χ0v) is 21.7. The molecule has 0 saturated carbocycles. The van der Waals surface area contributed by atoms with Crippen molar-refractivity contribution in [2.45, 2.75) is 64.4 Å². The van der Waals surface area contributed by atoms with Gasteiger partial charge in [0.25, 0.3) is 0 Å². The first-order chi connectivity index (χ1) is 18.1. The van der Waals surface area contributed by atoms with Gasteiger partial charge in [-0.15, -0.1) is 0 Å². The highest BCUT2D eigenvalue weighted by molar-refractivity contribution is 5.85. The summed E-state index contributed by atoms with van der Waals surface area (Å²) < 4.78 is 31.3. The van der Waals surface area contributed by atoms with Gasteiger partial charge in [0.2, 0.25) is 0 Å². The van der Waals surface area contributed by atoms with E-state index in [1.165, 1.54) is 0 Å². The van der Waals surface area contributed by atoms with Gasteiger partial charge in [0.1, 0.15) is 24.4 Å². The minimum atomic E-state index is -0.856. The van der Waals surface area contributed by atoms with E-state index in [9.17, 15) is 4.79 Å². The van der Waals surface area contributed by atoms with Crippen molar-refractivity contribution in [2.75, 3.05) is 7.11 Å². The second-order valence-corrected chi connectivity index (χ2v) is 9.50. The summed E-state index contributed by atoms with van der Waals surface area (Å²) in [6, 6.07) is 29.7. The minimum absolute atomic E-state index is 0.0602. The van der Waals surface area contributed by atoms with Gasteiger partial charge in [0.05, 0.1) is 19.8 Å². The highest BCUT2D eigenvalue weighted by Crippen LogP contribution is 2.32. The molecule has 1 aliphatic rings. The van der Waals surface area contributed by atoms with Crippen LogP contribution in [0.25, 0.3) is 0 Å². The third-order valence-corrected chi connectivity index (χ3v) is 6.43. The van der Waals surface area contributed by atoms with E-state index in [0.717, 1.165) is 16.7 Å². The van der Waals surface area contributed by atoms with Crippen molar-refractivity contribution in [2.24, 2.45) is 5.92 Å². The molecule has 0 radical (unpaired) electrons. The Balaban J connectivity index is 1.64. The number of carbonyl (C=O) groups is 1. The van der Waals surface area contributed by atoms with Crippen LogP contribution in [0.15, 0.2) is 91.0 Å². The van der Waals surface area contributed by atoms with Gasteiger partial charge < -0.3 is 23.7 Å². The molecular weight excluding hydrogens is 468 g/mol. The fourth-order valence-electron chi connectivity index (χ4n) is 4.41. The number of carbonyl (C=O) groups excluding carboxylic acids is 1. The molecule has 1 aliphatic heterocycles. The summed E-state index contributed by atoms with van der Waals surface area (Å²) in [6.07, 6.45) is -3.57. The predicted octanol–water partition coefficient (Wildman–Crippen LogP) is 5.34. The van der Waals surface area contributed by atoms with Crippen LogP contribution in [0.2, 0.25) is 0 Å². The predicted molar refractivity (Wildman–Crippen MR) is 141 cm³/mol. The smallest absolute Gasteiger partial charge is 0.187 e. The molecule has 3 aromatic carbocycles. The van der Waals surface area contributed by atoms with Crippen molar-refractivity contribution < 1.29 is 28.5 Å². The van der Waals surface area contributed by atoms with Crippen molar-refractivity contribution in [1.29, 1.82) is 0 Å². The van der Waals surface area contributed by atoms with E-state index in [0.29, 0.717) is 19.8 Å². The molecule has 1 heterocycles. The third kappa shape index (κ3) is 7.34. The Morgan fingerprint density at radius 1 is 0.676 bits per heavy atom. The van der Waals surface area contributed by atoms with Crippen molar-refractivity contribution in [3.05, 3.63) is 108 Å². The van der Waals surface area contributed by atoms with Crippen LogP contribution in [0.1, 0.15) is 30.5 Å². The van der Waals surface area contributed by atoms with Gasteiger partial charge in [-0.05, 0) is 16.7 Å². The maximum absolute atomic E-state index is 13.3. The fourth-order valence-corrected chi connectivity index (χ4v) is 4.41. The molecule has 0 aliphatic carbocycles. The molecule has 0 unspecified atom stereocenters. The van der Waals surface area contributed by atoms with Crippen LogP contribution in [0.3, 0.4) is 0 Å². The molecule has 0 N–H and O–H groups in total. The van der Waals surface area contributed by atoms with E-state index in [1.807, 2.05) is 105 Å². The Labute approximate surface area is 219 Å². The van der Waals surface area contributed by atoms with Crippen LogP contribution < -0.4 is 0 Å². The van der Waals surface area contributed by atoms with Crippen LogP contribution in [0, 0.1) is 5.92 Å². The molecule has 1 fully saturated rings. The summed E-state index contributed by atoms with van der Waals surface area (Å²) in [5.74, 6) is -0.308. The zero-order valence-electron chi connectivity index (χ0n) is 21.7. The van der Waals surface area contributed by atoms with Crippen molar-refractivity contribution in [3.8, 4) is 0 Å². The van der Waals surface area contributed by atoms with Crippen molar-refractivity contribution >= 4 is 5.78 Å². The number of hydrogen-bond donors (Lipinski definition) is 0. The molecule has 6 heteroatoms. The second-order valence-electron chi connectivity index (χ2n) is 9.50. The van der Waals surface area contributed by atoms with Crippen LogP contribution in [0.4, 0.5) is 0 Å². The molecule has 0 spiro atoms. The van der Waals surface area contributed by atoms with E-state index in [2.05, 4.69) is 0 Å². The lowest BCUT2D eigenvalue weighted by Gasteiger charge is -2.45. The van der Waals surface area contributed by atoms with Gasteiger partial charge in [-0.25, -0.2) is 0 Å². The monoisotopic (exact) mass is 504 g/mol. The summed E-state index contributed by atoms with van der Waals surface area (Å²) in [6.45, 7) is 4.71. The fraction of sp³-hybridized carbons (Fsp3) is 0.387. The molecule has 0 aromatic heterocycles. The average Bonchev–Trinajstić information content (AvgIpc) is 2.94. The van der Waals surface area contributed by atoms with Crippen molar-refractivity contribution in [1.82, 2.24) is 0 Å². The van der Waals surface area contributed by atoms with E-state index < -0.39 is 30.7 Å². The Hall–Kier alpha value is -2.87. The van der Waals surface area contributed by atoms with Crippen LogP contribution in [-0.4, -0.2) is 43.6 Å². The quantitative estimate of drug-likeness (QED) is 0.332. The van der Waals surface area contributed by atoms with E-state index in [4.69, 9.17) is 23.7 Å². The molecule has 4 rings (SSSR count). The molecule has 5 atom stereocenters. The van der Waals surface area contributed by atoms with Gasteiger partial charge in [-0.1, -0.05) is 105 Å². The summed E-state index contributed by atoms with van der Waals surface area (Å²) in [4.78, 5) is 13.3. The van der Waals surface area contributed by atoms with Crippen LogP contribution >= 0.6 is 0 Å². The number of hydrogen-bond acceptors (Lipinski definition) is 6. The summed E-state index contributed by atoms with van der Waals surface area (Å²) >= 11 is 0. The van der Waals surface area contributed by atoms with E-state index in [1.54, 1.807) is 7.11 Å². The number of ether oxygens (including phenoxy) is 5. The van der Waals surface area contributed by atoms with Crippen molar-refractivity contribution in [3.63, 3.8) is 0 Å². The van der Waals surface area contributed by atoms with Gasteiger partial charge in [0, 0.05) is 13.0 Å². The Morgan fingerprint density at radius 2 is 1.08 bits per heavy atom. The summed E-state index contributed by atoms with van der Waals surface area (Å²) in [5.41, 5.74) is 3.02. The number of rotatable bonds is 12. The second kappa shape index (κ2) is 13.6. The number of ketones is 1. The largest absolute Gasteiger partial charge is 0.368 e. The molecule has 0 amide bonds. The highest BCUT2D eigenvalue weighted by atomic mass is 16.7. The number of benzene rings is 3. The molecule has 1 saturated heterocycles. The molecule has 3 aromatic rings. The van der Waals surface area contributed by atoms with Gasteiger partial charge in [-0.3, -0.25) is 4.79 Å². The van der Waals surface area contributed by atoms with Gasteiger partial charge >= 0.3 is 0 Å². The molecule has 37 heavy (non-hydrogen) atoms. The molecule has 6 nitrogen and oxygen atoms in total. The first kappa shape index (κ1) is 27.2. The SMILES string of the molecule is CO[C@H]1O[C@H](C(=O)C(C)C)[C@@H](OCc2ccccc2)[C@H](OCc2ccccc2)[C@H]1OCc1ccccc1. The minimum Gasteiger partial charge on any atom is -0.368 e. The Kier molecular flexibility index (Phi) is 9.99. The lowest BCUT2D eigenvalue weighted by atomic mass is 9.91. The third-order valence-electron chi connectivity index (χ3n) is 6.43. The number of methoxy groups -OCH3 is 1. The standard InChI is InChI=1S/C31H36O6/c1-22(2)26(32)27-28(34-19-23-13-7-4-8-14-23)29(35-20-24-15-9-5-10-16-24)30(31(33-3)37-27)36-21-25-17-11-6-12-18-25/h4-18,22,27-31H,19-21H2,1-3H3/t27-,28-,29+,30-,31+/m1/s1. The Morgan fingerprint density at radius 3 is 1.49 bits per heavy atom. The summed E-state index contributed by atoms with van der Waals surface area (Å²) in [7, 11) is 1.56. The maximum atomic E-state index is 13.3. The first-order valence-electron chi connectivity index (χ1n) is 12.8. The molecule has 0 bridgehead atoms. The maximum Gasteiger partial charge on any atom is 0.187 e. The topological polar surface area (TPSA) is 63.2 Å². The van der Waals surface area contributed by atoms with E-state index in [-0.39, 0.29) is 11.7 Å². The van der Waals surface area contributed by atoms with Gasteiger partial charge in [-0.2, -0.15) is 0 Å². The first-order valence-corrected chi connectivity index (χ1v) is 12.8.